The highest BCUT2D eigenvalue weighted by atomic mass is 32.1. The normalized spacial score (nSPS) is 21.4. The highest BCUT2D eigenvalue weighted by Crippen LogP contribution is 2.14. The van der Waals surface area contributed by atoms with Gasteiger partial charge in [0.25, 0.3) is 5.91 Å². The molecule has 1 N–H and O–H groups in total. The molecule has 1 aliphatic rings. The third-order valence-electron chi connectivity index (χ3n) is 2.61. The SMILES string of the molecule is CC(OCC1CCCO1)C(=O)Nc1ccns1. The Kier molecular flexibility index (Phi) is 4.47. The van der Waals surface area contributed by atoms with Crippen LogP contribution >= 0.6 is 11.5 Å². The molecule has 6 heteroatoms. The molecule has 1 aromatic heterocycles. The lowest BCUT2D eigenvalue weighted by Crippen LogP contribution is -2.30. The zero-order valence-electron chi connectivity index (χ0n) is 9.72. The molecule has 0 spiro atoms. The van der Waals surface area contributed by atoms with Crippen molar-refractivity contribution in [2.75, 3.05) is 18.5 Å². The zero-order chi connectivity index (χ0) is 12.1. The standard InChI is InChI=1S/C11H16N2O3S/c1-8(16-7-9-3-2-6-15-9)11(14)13-10-4-5-12-17-10/h4-5,8-9H,2-3,6-7H2,1H3,(H,13,14). The van der Waals surface area contributed by atoms with Crippen molar-refractivity contribution in [2.24, 2.45) is 0 Å². The molecule has 0 aliphatic carbocycles. The number of hydrogen-bond acceptors (Lipinski definition) is 5. The summed E-state index contributed by atoms with van der Waals surface area (Å²) >= 11 is 1.25. The molecule has 0 radical (unpaired) electrons. The van der Waals surface area contributed by atoms with Gasteiger partial charge in [-0.3, -0.25) is 4.79 Å². The van der Waals surface area contributed by atoms with Crippen LogP contribution in [-0.2, 0) is 14.3 Å². The van der Waals surface area contributed by atoms with E-state index < -0.39 is 6.10 Å². The van der Waals surface area contributed by atoms with Crippen LogP contribution in [0.25, 0.3) is 0 Å². The average molecular weight is 256 g/mol. The minimum absolute atomic E-state index is 0.146. The molecule has 1 aliphatic heterocycles. The minimum Gasteiger partial charge on any atom is -0.376 e. The van der Waals surface area contributed by atoms with E-state index >= 15 is 0 Å². The van der Waals surface area contributed by atoms with Crippen molar-refractivity contribution in [1.29, 1.82) is 0 Å². The van der Waals surface area contributed by atoms with Crippen molar-refractivity contribution in [3.8, 4) is 0 Å². The van der Waals surface area contributed by atoms with Crippen molar-refractivity contribution in [3.63, 3.8) is 0 Å². The first-order valence-electron chi connectivity index (χ1n) is 5.70. The molecule has 0 saturated carbocycles. The minimum atomic E-state index is -0.471. The maximum Gasteiger partial charge on any atom is 0.253 e. The molecule has 2 heterocycles. The number of carbonyl (C=O) groups excluding carboxylic acids is 1. The van der Waals surface area contributed by atoms with E-state index in [0.717, 1.165) is 24.4 Å². The molecule has 0 bridgehead atoms. The lowest BCUT2D eigenvalue weighted by atomic mass is 10.2. The van der Waals surface area contributed by atoms with E-state index in [4.69, 9.17) is 9.47 Å². The fraction of sp³-hybridized carbons (Fsp3) is 0.636. The van der Waals surface area contributed by atoms with Crippen LogP contribution < -0.4 is 5.32 Å². The number of carbonyl (C=O) groups is 1. The molecule has 5 nitrogen and oxygen atoms in total. The number of anilines is 1. The molecule has 2 rings (SSSR count). The Morgan fingerprint density at radius 3 is 3.35 bits per heavy atom. The molecule has 1 amide bonds. The third kappa shape index (κ3) is 3.76. The van der Waals surface area contributed by atoms with Crippen molar-refractivity contribution < 1.29 is 14.3 Å². The molecule has 2 atom stereocenters. The molecular formula is C11H16N2O3S. The summed E-state index contributed by atoms with van der Waals surface area (Å²) in [4.78, 5) is 11.7. The number of nitrogens with zero attached hydrogens (tertiary/aromatic N) is 1. The van der Waals surface area contributed by atoms with Crippen molar-refractivity contribution in [2.45, 2.75) is 32.0 Å². The maximum absolute atomic E-state index is 11.7. The topological polar surface area (TPSA) is 60.5 Å². The summed E-state index contributed by atoms with van der Waals surface area (Å²) in [5, 5.41) is 3.49. The summed E-state index contributed by atoms with van der Waals surface area (Å²) < 4.78 is 14.8. The van der Waals surface area contributed by atoms with Crippen LogP contribution in [0.15, 0.2) is 12.3 Å². The molecule has 17 heavy (non-hydrogen) atoms. The van der Waals surface area contributed by atoms with Crippen molar-refractivity contribution in [1.82, 2.24) is 4.37 Å². The second-order valence-corrected chi connectivity index (χ2v) is 4.81. The summed E-state index contributed by atoms with van der Waals surface area (Å²) in [6.07, 6.45) is 3.42. The Balaban J connectivity index is 1.71. The quantitative estimate of drug-likeness (QED) is 0.870. The summed E-state index contributed by atoms with van der Waals surface area (Å²) in [6.45, 7) is 3.03. The van der Waals surface area contributed by atoms with Gasteiger partial charge >= 0.3 is 0 Å². The van der Waals surface area contributed by atoms with Crippen LogP contribution in [0.2, 0.25) is 0 Å². The van der Waals surface area contributed by atoms with Crippen LogP contribution in [-0.4, -0.2) is 35.7 Å². The van der Waals surface area contributed by atoms with Gasteiger partial charge in [0.05, 0.1) is 12.7 Å². The monoisotopic (exact) mass is 256 g/mol. The van der Waals surface area contributed by atoms with E-state index in [1.54, 1.807) is 19.2 Å². The number of hydrogen-bond donors (Lipinski definition) is 1. The fourth-order valence-electron chi connectivity index (χ4n) is 1.61. The Bertz CT molecular complexity index is 350. The van der Waals surface area contributed by atoms with E-state index in [-0.39, 0.29) is 12.0 Å². The number of nitrogens with one attached hydrogen (secondary N) is 1. The van der Waals surface area contributed by atoms with Crippen molar-refractivity contribution >= 4 is 22.4 Å². The van der Waals surface area contributed by atoms with Gasteiger partial charge in [0.1, 0.15) is 11.1 Å². The Morgan fingerprint density at radius 2 is 2.71 bits per heavy atom. The first-order chi connectivity index (χ1) is 8.25. The molecule has 94 valence electrons. The zero-order valence-corrected chi connectivity index (χ0v) is 10.5. The van der Waals surface area contributed by atoms with E-state index in [1.165, 1.54) is 11.5 Å². The highest BCUT2D eigenvalue weighted by molar-refractivity contribution is 7.10. The predicted molar refractivity (Wildman–Crippen MR) is 65.1 cm³/mol. The second-order valence-electron chi connectivity index (χ2n) is 3.98. The van der Waals surface area contributed by atoms with Gasteiger partial charge in [-0.1, -0.05) is 0 Å². The lowest BCUT2D eigenvalue weighted by Gasteiger charge is -2.15. The van der Waals surface area contributed by atoms with Crippen molar-refractivity contribution in [3.05, 3.63) is 12.3 Å². The van der Waals surface area contributed by atoms with Gasteiger partial charge in [-0.25, -0.2) is 0 Å². The molecule has 0 aromatic carbocycles. The number of amides is 1. The van der Waals surface area contributed by atoms with Crippen LogP contribution in [0.3, 0.4) is 0 Å². The van der Waals surface area contributed by atoms with Crippen LogP contribution in [0.5, 0.6) is 0 Å². The third-order valence-corrected chi connectivity index (χ3v) is 3.27. The number of ether oxygens (including phenoxy) is 2. The molecule has 1 aromatic rings. The fourth-order valence-corrected chi connectivity index (χ4v) is 2.11. The summed E-state index contributed by atoms with van der Waals surface area (Å²) in [5.74, 6) is -0.146. The van der Waals surface area contributed by atoms with E-state index in [2.05, 4.69) is 9.69 Å². The van der Waals surface area contributed by atoms with Gasteiger partial charge in [-0.2, -0.15) is 4.37 Å². The van der Waals surface area contributed by atoms with E-state index in [1.807, 2.05) is 0 Å². The lowest BCUT2D eigenvalue weighted by molar-refractivity contribution is -0.128. The second kappa shape index (κ2) is 6.09. The first-order valence-corrected chi connectivity index (χ1v) is 6.48. The maximum atomic E-state index is 11.7. The Labute approximate surface area is 104 Å². The van der Waals surface area contributed by atoms with Gasteiger partial charge in [0.2, 0.25) is 0 Å². The van der Waals surface area contributed by atoms with Crippen LogP contribution in [0, 0.1) is 0 Å². The highest BCUT2D eigenvalue weighted by Gasteiger charge is 2.20. The van der Waals surface area contributed by atoms with Gasteiger partial charge in [0, 0.05) is 12.8 Å². The van der Waals surface area contributed by atoms with Gasteiger partial charge in [-0.05, 0) is 37.4 Å². The van der Waals surface area contributed by atoms with Gasteiger partial charge in [0.15, 0.2) is 0 Å². The predicted octanol–water partition coefficient (Wildman–Crippen LogP) is 1.67. The molecular weight excluding hydrogens is 240 g/mol. The molecule has 2 unspecified atom stereocenters. The summed E-state index contributed by atoms with van der Waals surface area (Å²) in [7, 11) is 0. The van der Waals surface area contributed by atoms with Gasteiger partial charge in [-0.15, -0.1) is 0 Å². The molecule has 1 fully saturated rings. The first kappa shape index (κ1) is 12.5. The Hall–Kier alpha value is -0.980. The molecule has 1 saturated heterocycles. The van der Waals surface area contributed by atoms with E-state index in [0.29, 0.717) is 6.61 Å². The van der Waals surface area contributed by atoms with Gasteiger partial charge < -0.3 is 14.8 Å². The Morgan fingerprint density at radius 1 is 1.82 bits per heavy atom. The smallest absolute Gasteiger partial charge is 0.253 e. The summed E-state index contributed by atoms with van der Waals surface area (Å²) in [5.41, 5.74) is 0. The van der Waals surface area contributed by atoms with Crippen LogP contribution in [0.1, 0.15) is 19.8 Å². The number of rotatable bonds is 5. The summed E-state index contributed by atoms with van der Waals surface area (Å²) in [6, 6.07) is 1.76. The average Bonchev–Trinajstić information content (AvgIpc) is 2.98. The van der Waals surface area contributed by atoms with Crippen LogP contribution in [0.4, 0.5) is 5.00 Å². The number of aromatic nitrogens is 1. The largest absolute Gasteiger partial charge is 0.376 e. The van der Waals surface area contributed by atoms with E-state index in [9.17, 15) is 4.79 Å².